The Morgan fingerprint density at radius 2 is 1.91 bits per heavy atom. The van der Waals surface area contributed by atoms with Gasteiger partial charge in [0.2, 0.25) is 5.91 Å². The van der Waals surface area contributed by atoms with Crippen LogP contribution in [0.1, 0.15) is 52.4 Å². The van der Waals surface area contributed by atoms with E-state index >= 15 is 0 Å². The number of carbonyl (C=O) groups excluding carboxylic acids is 3. The highest BCUT2D eigenvalue weighted by molar-refractivity contribution is 5.96. The summed E-state index contributed by atoms with van der Waals surface area (Å²) in [5.41, 5.74) is 0.268. The number of ketones is 2. The van der Waals surface area contributed by atoms with Gasteiger partial charge in [-0.3, -0.25) is 14.4 Å². The molecule has 4 aliphatic rings. The van der Waals surface area contributed by atoms with Crippen molar-refractivity contribution in [3.05, 3.63) is 11.8 Å². The van der Waals surface area contributed by atoms with Crippen LogP contribution in [-0.2, 0) is 14.4 Å². The molecule has 4 heteroatoms. The molecule has 0 aromatic heterocycles. The van der Waals surface area contributed by atoms with Crippen LogP contribution in [0.15, 0.2) is 11.8 Å². The van der Waals surface area contributed by atoms with Gasteiger partial charge in [0.1, 0.15) is 11.6 Å². The van der Waals surface area contributed by atoms with Crippen molar-refractivity contribution in [2.75, 3.05) is 0 Å². The van der Waals surface area contributed by atoms with E-state index in [1.54, 1.807) is 0 Å². The molecule has 0 spiro atoms. The molecule has 4 rings (SSSR count). The van der Waals surface area contributed by atoms with Gasteiger partial charge in [-0.1, -0.05) is 19.9 Å². The Labute approximate surface area is 130 Å². The molecule has 1 amide bonds. The number of piperidine rings is 1. The van der Waals surface area contributed by atoms with Gasteiger partial charge in [0.25, 0.3) is 0 Å². The molecule has 2 saturated carbocycles. The van der Waals surface area contributed by atoms with E-state index in [4.69, 9.17) is 0 Å². The molecule has 3 fully saturated rings. The quantitative estimate of drug-likeness (QED) is 0.747. The summed E-state index contributed by atoms with van der Waals surface area (Å²) in [5.74, 6) is 1.14. The number of hydrogen-bond donors (Lipinski definition) is 1. The van der Waals surface area contributed by atoms with Gasteiger partial charge in [0.15, 0.2) is 0 Å². The van der Waals surface area contributed by atoms with Crippen LogP contribution >= 0.6 is 0 Å². The second kappa shape index (κ2) is 4.30. The van der Waals surface area contributed by atoms with Crippen molar-refractivity contribution in [1.29, 1.82) is 0 Å². The first kappa shape index (κ1) is 14.2. The summed E-state index contributed by atoms with van der Waals surface area (Å²) in [6.45, 7) is 4.14. The number of rotatable bonds is 0. The number of carbonyl (C=O) groups is 3. The zero-order chi connectivity index (χ0) is 15.7. The molecule has 0 unspecified atom stereocenters. The second-order valence-corrected chi connectivity index (χ2v) is 8.09. The third-order valence-corrected chi connectivity index (χ3v) is 7.01. The molecule has 4 nitrogen and oxygen atoms in total. The van der Waals surface area contributed by atoms with Gasteiger partial charge >= 0.3 is 0 Å². The normalized spacial score (nSPS) is 47.3. The summed E-state index contributed by atoms with van der Waals surface area (Å²) >= 11 is 0. The lowest BCUT2D eigenvalue weighted by atomic mass is 9.49. The number of nitrogens with one attached hydrogen (secondary N) is 1. The molecule has 3 aliphatic carbocycles. The Balaban J connectivity index is 1.77. The molecule has 0 radical (unpaired) electrons. The largest absolute Gasteiger partial charge is 0.330 e. The maximum Gasteiger partial charge on any atom is 0.224 e. The van der Waals surface area contributed by atoms with E-state index in [0.717, 1.165) is 25.0 Å². The van der Waals surface area contributed by atoms with Crippen molar-refractivity contribution < 1.29 is 14.4 Å². The first-order valence-electron chi connectivity index (χ1n) is 8.43. The first-order chi connectivity index (χ1) is 10.4. The molecular weight excluding hydrogens is 278 g/mol. The monoisotopic (exact) mass is 301 g/mol. The summed E-state index contributed by atoms with van der Waals surface area (Å²) in [6.07, 6.45) is 6.13. The fraction of sp³-hybridized carbons (Fsp3) is 0.722. The zero-order valence-corrected chi connectivity index (χ0v) is 13.3. The average Bonchev–Trinajstić information content (AvgIpc) is 2.75. The van der Waals surface area contributed by atoms with Gasteiger partial charge in [-0.05, 0) is 31.1 Å². The number of amides is 1. The topological polar surface area (TPSA) is 63.2 Å². The number of fused-ring (bicyclic) bond motifs is 5. The lowest BCUT2D eigenvalue weighted by Gasteiger charge is -2.54. The third-order valence-electron chi connectivity index (χ3n) is 7.01. The average molecular weight is 301 g/mol. The number of allylic oxidation sites excluding steroid dienone is 2. The van der Waals surface area contributed by atoms with Crippen LogP contribution in [-0.4, -0.2) is 17.5 Å². The Kier molecular flexibility index (Phi) is 2.77. The zero-order valence-electron chi connectivity index (χ0n) is 13.3. The van der Waals surface area contributed by atoms with Crippen LogP contribution in [0.25, 0.3) is 0 Å². The van der Waals surface area contributed by atoms with E-state index in [1.165, 1.54) is 0 Å². The lowest BCUT2D eigenvalue weighted by molar-refractivity contribution is -0.149. The van der Waals surface area contributed by atoms with Crippen LogP contribution in [0.2, 0.25) is 0 Å². The molecule has 1 heterocycles. The van der Waals surface area contributed by atoms with Gasteiger partial charge in [0, 0.05) is 41.7 Å². The van der Waals surface area contributed by atoms with E-state index in [2.05, 4.69) is 18.3 Å². The van der Waals surface area contributed by atoms with E-state index in [-0.39, 0.29) is 34.7 Å². The van der Waals surface area contributed by atoms with Crippen LogP contribution < -0.4 is 5.32 Å². The number of Topliss-reactive ketones (excluding diaryl/α,β-unsaturated/α-hetero) is 2. The molecule has 0 aromatic carbocycles. The van der Waals surface area contributed by atoms with Crippen molar-refractivity contribution in [3.63, 3.8) is 0 Å². The Bertz CT molecular complexity index is 622. The maximum atomic E-state index is 13.0. The minimum atomic E-state index is -0.433. The van der Waals surface area contributed by atoms with E-state index in [9.17, 15) is 14.4 Å². The van der Waals surface area contributed by atoms with Gasteiger partial charge in [-0.2, -0.15) is 0 Å². The summed E-state index contributed by atoms with van der Waals surface area (Å²) in [7, 11) is 0. The summed E-state index contributed by atoms with van der Waals surface area (Å²) in [6, 6.07) is 0. The fourth-order valence-corrected chi connectivity index (χ4v) is 5.81. The maximum absolute atomic E-state index is 13.0. The highest BCUT2D eigenvalue weighted by Gasteiger charge is 2.62. The van der Waals surface area contributed by atoms with Crippen molar-refractivity contribution in [3.8, 4) is 0 Å². The fourth-order valence-electron chi connectivity index (χ4n) is 5.81. The van der Waals surface area contributed by atoms with Crippen molar-refractivity contribution in [2.24, 2.45) is 28.6 Å². The van der Waals surface area contributed by atoms with E-state index in [0.29, 0.717) is 25.2 Å². The highest BCUT2D eigenvalue weighted by Crippen LogP contribution is 2.61. The number of hydrogen-bond acceptors (Lipinski definition) is 3. The van der Waals surface area contributed by atoms with Gasteiger partial charge < -0.3 is 5.32 Å². The highest BCUT2D eigenvalue weighted by atomic mass is 16.2. The SMILES string of the molecule is C[C@]12CCC(=O)NC1=CC[C@@H]1[C@@H]2C(=O)C[C@]2(C)C(=O)CC[C@@H]12. The van der Waals surface area contributed by atoms with Crippen LogP contribution in [0.3, 0.4) is 0 Å². The van der Waals surface area contributed by atoms with E-state index in [1.807, 2.05) is 6.92 Å². The molecule has 1 aliphatic heterocycles. The molecule has 22 heavy (non-hydrogen) atoms. The van der Waals surface area contributed by atoms with E-state index < -0.39 is 5.41 Å². The third kappa shape index (κ3) is 1.61. The minimum Gasteiger partial charge on any atom is -0.330 e. The van der Waals surface area contributed by atoms with Gasteiger partial charge in [0.05, 0.1) is 0 Å². The van der Waals surface area contributed by atoms with Crippen molar-refractivity contribution in [1.82, 2.24) is 5.32 Å². The van der Waals surface area contributed by atoms with Crippen LogP contribution in [0.4, 0.5) is 0 Å². The van der Waals surface area contributed by atoms with Crippen LogP contribution in [0.5, 0.6) is 0 Å². The molecule has 1 saturated heterocycles. The van der Waals surface area contributed by atoms with Gasteiger partial charge in [-0.15, -0.1) is 0 Å². The van der Waals surface area contributed by atoms with Crippen LogP contribution in [0, 0.1) is 28.6 Å². The summed E-state index contributed by atoms with van der Waals surface area (Å²) < 4.78 is 0. The second-order valence-electron chi connectivity index (χ2n) is 8.09. The Morgan fingerprint density at radius 3 is 2.68 bits per heavy atom. The predicted molar refractivity (Wildman–Crippen MR) is 80.6 cm³/mol. The van der Waals surface area contributed by atoms with Gasteiger partial charge in [-0.25, -0.2) is 0 Å². The lowest BCUT2D eigenvalue weighted by Crippen LogP contribution is -2.57. The Hall–Kier alpha value is -1.45. The molecule has 5 atom stereocenters. The predicted octanol–water partition coefficient (Wildman–Crippen LogP) is 2.38. The Morgan fingerprint density at radius 1 is 1.14 bits per heavy atom. The molecular formula is C18H23NO3. The smallest absolute Gasteiger partial charge is 0.224 e. The molecule has 0 bridgehead atoms. The molecule has 1 N–H and O–H groups in total. The molecule has 0 aromatic rings. The minimum absolute atomic E-state index is 0.0305. The van der Waals surface area contributed by atoms with Crippen molar-refractivity contribution >= 4 is 17.5 Å². The standard InChI is InChI=1S/C18H23NO3/c1-17-8-7-15(22)19-13(17)5-3-10-11-4-6-14(21)18(11,2)9-12(20)16(10)17/h5,10-11,16H,3-4,6-9H2,1-2H3,(H,19,22)/t10-,11-,16+,17-,18-/m0/s1. The van der Waals surface area contributed by atoms with Crippen molar-refractivity contribution in [2.45, 2.75) is 52.4 Å². The first-order valence-corrected chi connectivity index (χ1v) is 8.43. The molecule has 118 valence electrons. The summed E-state index contributed by atoms with van der Waals surface area (Å²) in [5, 5.41) is 2.99. The summed E-state index contributed by atoms with van der Waals surface area (Å²) in [4.78, 5) is 37.0.